The molecule has 1 aromatic carbocycles. The molecule has 5 nitrogen and oxygen atoms in total. The van der Waals surface area contributed by atoms with E-state index in [-0.39, 0.29) is 5.76 Å². The van der Waals surface area contributed by atoms with Gasteiger partial charge < -0.3 is 14.5 Å². The molecule has 0 amide bonds. The topological polar surface area (TPSA) is 75.3 Å². The summed E-state index contributed by atoms with van der Waals surface area (Å²) in [6.45, 7) is 0.467. The maximum absolute atomic E-state index is 11.2. The molecular formula is C15H14N2O3. The molecule has 2 rings (SSSR count). The van der Waals surface area contributed by atoms with E-state index in [1.165, 1.54) is 7.11 Å². The highest BCUT2D eigenvalue weighted by molar-refractivity contribution is 5.86. The number of nitrogens with zero attached hydrogens (tertiary/aromatic N) is 1. The molecule has 0 spiro atoms. The third-order valence-electron chi connectivity index (χ3n) is 2.75. The molecule has 1 N–H and O–H groups in total. The first-order chi connectivity index (χ1) is 9.72. The van der Waals surface area contributed by atoms with Gasteiger partial charge in [0.05, 0.1) is 26.1 Å². The molecule has 20 heavy (non-hydrogen) atoms. The summed E-state index contributed by atoms with van der Waals surface area (Å²) < 4.78 is 9.91. The van der Waals surface area contributed by atoms with Crippen LogP contribution in [0.4, 0.5) is 5.69 Å². The highest BCUT2D eigenvalue weighted by Gasteiger charge is 2.10. The van der Waals surface area contributed by atoms with Crippen molar-refractivity contribution >= 4 is 11.7 Å². The van der Waals surface area contributed by atoms with Crippen molar-refractivity contribution in [3.63, 3.8) is 0 Å². The Balaban J connectivity index is 1.93. The third kappa shape index (κ3) is 3.39. The molecule has 5 heteroatoms. The average Bonchev–Trinajstić information content (AvgIpc) is 2.95. The van der Waals surface area contributed by atoms with E-state index in [4.69, 9.17) is 9.68 Å². The number of rotatable bonds is 5. The normalized spacial score (nSPS) is 9.80. The van der Waals surface area contributed by atoms with E-state index < -0.39 is 5.97 Å². The Morgan fingerprint density at radius 2 is 2.05 bits per heavy atom. The van der Waals surface area contributed by atoms with Gasteiger partial charge in [-0.25, -0.2) is 4.79 Å². The number of esters is 1. The van der Waals surface area contributed by atoms with Gasteiger partial charge >= 0.3 is 5.97 Å². The summed E-state index contributed by atoms with van der Waals surface area (Å²) in [5.74, 6) is 0.345. The van der Waals surface area contributed by atoms with Crippen LogP contribution in [-0.4, -0.2) is 13.1 Å². The Hall–Kier alpha value is -2.74. The van der Waals surface area contributed by atoms with Crippen LogP contribution in [0.15, 0.2) is 40.8 Å². The van der Waals surface area contributed by atoms with Gasteiger partial charge in [-0.3, -0.25) is 0 Å². The minimum atomic E-state index is -0.489. The van der Waals surface area contributed by atoms with Crippen LogP contribution in [0.5, 0.6) is 0 Å². The molecule has 0 radical (unpaired) electrons. The molecule has 1 aromatic heterocycles. The molecule has 0 fully saturated rings. The summed E-state index contributed by atoms with van der Waals surface area (Å²) in [5.41, 5.74) is 1.90. The lowest BCUT2D eigenvalue weighted by Gasteiger charge is -2.04. The number of anilines is 1. The summed E-state index contributed by atoms with van der Waals surface area (Å²) in [4.78, 5) is 11.2. The van der Waals surface area contributed by atoms with Gasteiger partial charge in [0.1, 0.15) is 5.76 Å². The SMILES string of the molecule is COC(=O)c1ccc(CNc2ccc(CC#N)cc2)o1. The molecule has 0 saturated heterocycles. The second-order valence-electron chi connectivity index (χ2n) is 4.14. The van der Waals surface area contributed by atoms with Crippen molar-refractivity contribution in [2.24, 2.45) is 0 Å². The Labute approximate surface area is 116 Å². The Kier molecular flexibility index (Phi) is 4.40. The third-order valence-corrected chi connectivity index (χ3v) is 2.75. The average molecular weight is 270 g/mol. The summed E-state index contributed by atoms with van der Waals surface area (Å²) >= 11 is 0. The molecule has 0 aliphatic heterocycles. The first-order valence-corrected chi connectivity index (χ1v) is 6.09. The number of ether oxygens (including phenoxy) is 1. The number of methoxy groups -OCH3 is 1. The highest BCUT2D eigenvalue weighted by atomic mass is 16.5. The smallest absolute Gasteiger partial charge is 0.373 e. The van der Waals surface area contributed by atoms with Crippen molar-refractivity contribution in [3.8, 4) is 6.07 Å². The van der Waals surface area contributed by atoms with Gasteiger partial charge in [-0.05, 0) is 29.8 Å². The van der Waals surface area contributed by atoms with Crippen LogP contribution in [0.25, 0.3) is 0 Å². The van der Waals surface area contributed by atoms with Gasteiger partial charge in [-0.1, -0.05) is 12.1 Å². The molecule has 0 unspecified atom stereocenters. The Bertz CT molecular complexity index is 623. The van der Waals surface area contributed by atoms with Crippen molar-refractivity contribution in [2.45, 2.75) is 13.0 Å². The molecule has 0 saturated carbocycles. The quantitative estimate of drug-likeness (QED) is 0.845. The van der Waals surface area contributed by atoms with Crippen LogP contribution >= 0.6 is 0 Å². The summed E-state index contributed by atoms with van der Waals surface area (Å²) in [7, 11) is 1.31. The van der Waals surface area contributed by atoms with Gasteiger partial charge in [0.2, 0.25) is 5.76 Å². The maximum atomic E-state index is 11.2. The fourth-order valence-electron chi connectivity index (χ4n) is 1.70. The number of carbonyl (C=O) groups is 1. The van der Waals surface area contributed by atoms with E-state index in [0.717, 1.165) is 11.3 Å². The Morgan fingerprint density at radius 3 is 2.70 bits per heavy atom. The number of hydrogen-bond acceptors (Lipinski definition) is 5. The molecule has 0 aliphatic carbocycles. The van der Waals surface area contributed by atoms with E-state index >= 15 is 0 Å². The van der Waals surface area contributed by atoms with E-state index in [9.17, 15) is 4.79 Å². The van der Waals surface area contributed by atoms with E-state index in [1.807, 2.05) is 24.3 Å². The summed E-state index contributed by atoms with van der Waals surface area (Å²) in [6.07, 6.45) is 0.404. The summed E-state index contributed by atoms with van der Waals surface area (Å²) in [5, 5.41) is 11.8. The van der Waals surface area contributed by atoms with Crippen molar-refractivity contribution in [3.05, 3.63) is 53.5 Å². The molecular weight excluding hydrogens is 256 g/mol. The zero-order chi connectivity index (χ0) is 14.4. The van der Waals surface area contributed by atoms with Crippen LogP contribution in [0, 0.1) is 11.3 Å². The number of nitriles is 1. The maximum Gasteiger partial charge on any atom is 0.373 e. The highest BCUT2D eigenvalue weighted by Crippen LogP contribution is 2.14. The Morgan fingerprint density at radius 1 is 1.30 bits per heavy atom. The van der Waals surface area contributed by atoms with E-state index in [0.29, 0.717) is 18.7 Å². The number of carbonyl (C=O) groups excluding carboxylic acids is 1. The van der Waals surface area contributed by atoms with Crippen LogP contribution < -0.4 is 5.32 Å². The van der Waals surface area contributed by atoms with E-state index in [1.54, 1.807) is 12.1 Å². The first-order valence-electron chi connectivity index (χ1n) is 6.09. The van der Waals surface area contributed by atoms with Crippen LogP contribution in [0.1, 0.15) is 21.9 Å². The fourth-order valence-corrected chi connectivity index (χ4v) is 1.70. The van der Waals surface area contributed by atoms with Gasteiger partial charge in [0.25, 0.3) is 0 Å². The van der Waals surface area contributed by atoms with E-state index in [2.05, 4.69) is 16.1 Å². The van der Waals surface area contributed by atoms with Crippen molar-refractivity contribution < 1.29 is 13.9 Å². The van der Waals surface area contributed by atoms with Crippen LogP contribution in [0.2, 0.25) is 0 Å². The van der Waals surface area contributed by atoms with Gasteiger partial charge in [0.15, 0.2) is 0 Å². The number of furan rings is 1. The predicted octanol–water partition coefficient (Wildman–Crippen LogP) is 2.74. The monoisotopic (exact) mass is 270 g/mol. The van der Waals surface area contributed by atoms with Crippen LogP contribution in [-0.2, 0) is 17.7 Å². The standard InChI is InChI=1S/C15H14N2O3/c1-19-15(18)14-7-6-13(20-14)10-17-12-4-2-11(3-5-12)8-9-16/h2-7,17H,8,10H2,1H3. The fraction of sp³-hybridized carbons (Fsp3) is 0.200. The molecule has 2 aromatic rings. The zero-order valence-corrected chi connectivity index (χ0v) is 11.1. The second-order valence-corrected chi connectivity index (χ2v) is 4.14. The largest absolute Gasteiger partial charge is 0.463 e. The zero-order valence-electron chi connectivity index (χ0n) is 11.1. The van der Waals surface area contributed by atoms with Gasteiger partial charge in [-0.15, -0.1) is 0 Å². The molecule has 1 heterocycles. The van der Waals surface area contributed by atoms with Crippen molar-refractivity contribution in [1.29, 1.82) is 5.26 Å². The lowest BCUT2D eigenvalue weighted by Crippen LogP contribution is -2.00. The second kappa shape index (κ2) is 6.43. The van der Waals surface area contributed by atoms with Crippen LogP contribution in [0.3, 0.4) is 0 Å². The molecule has 102 valence electrons. The number of benzene rings is 1. The lowest BCUT2D eigenvalue weighted by molar-refractivity contribution is 0.0563. The molecule has 0 bridgehead atoms. The van der Waals surface area contributed by atoms with Gasteiger partial charge in [-0.2, -0.15) is 5.26 Å². The minimum absolute atomic E-state index is 0.189. The lowest BCUT2D eigenvalue weighted by atomic mass is 10.1. The molecule has 0 atom stereocenters. The van der Waals surface area contributed by atoms with Gasteiger partial charge in [0, 0.05) is 5.69 Å². The summed E-state index contributed by atoms with van der Waals surface area (Å²) in [6, 6.07) is 13.0. The molecule has 0 aliphatic rings. The van der Waals surface area contributed by atoms with Crippen molar-refractivity contribution in [1.82, 2.24) is 0 Å². The minimum Gasteiger partial charge on any atom is -0.463 e. The predicted molar refractivity (Wildman–Crippen MR) is 73.1 cm³/mol. The van der Waals surface area contributed by atoms with Crippen molar-refractivity contribution in [2.75, 3.05) is 12.4 Å². The number of hydrogen-bond donors (Lipinski definition) is 1. The number of nitrogens with one attached hydrogen (secondary N) is 1. The first kappa shape index (κ1) is 13.7.